The standard InChI is InChI=1S/C10H16N4O3S2/c1-6(8(11)15)18-10-13-12-9(14(10)2)7-3-4-19(16,17)5-7/h6-7H,3-5H2,1-2H3,(H2,11,15)/t6-,7-/m0/s1. The zero-order chi connectivity index (χ0) is 14.2. The molecule has 2 heterocycles. The smallest absolute Gasteiger partial charge is 0.230 e. The molecule has 1 aliphatic rings. The van der Waals surface area contributed by atoms with Crippen LogP contribution in [-0.4, -0.2) is 45.8 Å². The predicted molar refractivity (Wildman–Crippen MR) is 71.5 cm³/mol. The number of primary amides is 1. The van der Waals surface area contributed by atoms with E-state index in [2.05, 4.69) is 10.2 Å². The van der Waals surface area contributed by atoms with Crippen molar-refractivity contribution in [2.45, 2.75) is 29.7 Å². The molecule has 0 spiro atoms. The van der Waals surface area contributed by atoms with Gasteiger partial charge in [-0.1, -0.05) is 11.8 Å². The van der Waals surface area contributed by atoms with E-state index in [0.29, 0.717) is 17.4 Å². The van der Waals surface area contributed by atoms with E-state index >= 15 is 0 Å². The SMILES string of the molecule is C[C@H](Sc1nnc([C@H]2CCS(=O)(=O)C2)n1C)C(N)=O. The van der Waals surface area contributed by atoms with E-state index in [4.69, 9.17) is 5.73 Å². The maximum Gasteiger partial charge on any atom is 0.230 e. The molecule has 19 heavy (non-hydrogen) atoms. The molecule has 106 valence electrons. The summed E-state index contributed by atoms with van der Waals surface area (Å²) in [6.45, 7) is 1.70. The van der Waals surface area contributed by atoms with Crippen molar-refractivity contribution in [2.24, 2.45) is 12.8 Å². The number of carbonyl (C=O) groups is 1. The number of thioether (sulfide) groups is 1. The Kier molecular flexibility index (Phi) is 3.86. The maximum absolute atomic E-state index is 11.5. The minimum Gasteiger partial charge on any atom is -0.369 e. The second-order valence-electron chi connectivity index (χ2n) is 4.66. The highest BCUT2D eigenvalue weighted by molar-refractivity contribution is 8.00. The first-order chi connectivity index (χ1) is 8.80. The molecule has 0 radical (unpaired) electrons. The van der Waals surface area contributed by atoms with Crippen LogP contribution in [0, 0.1) is 0 Å². The molecule has 1 fully saturated rings. The second kappa shape index (κ2) is 5.12. The molecule has 1 aromatic rings. The fraction of sp³-hybridized carbons (Fsp3) is 0.700. The average molecular weight is 304 g/mol. The molecule has 0 aliphatic carbocycles. The van der Waals surface area contributed by atoms with Gasteiger partial charge in [0.15, 0.2) is 15.0 Å². The fourth-order valence-electron chi connectivity index (χ4n) is 2.00. The van der Waals surface area contributed by atoms with E-state index in [1.165, 1.54) is 11.8 Å². The number of carbonyl (C=O) groups excluding carboxylic acids is 1. The Morgan fingerprint density at radius 1 is 1.53 bits per heavy atom. The van der Waals surface area contributed by atoms with Gasteiger partial charge >= 0.3 is 0 Å². The van der Waals surface area contributed by atoms with Gasteiger partial charge in [-0.05, 0) is 13.3 Å². The topological polar surface area (TPSA) is 108 Å². The largest absolute Gasteiger partial charge is 0.369 e. The lowest BCUT2D eigenvalue weighted by atomic mass is 10.1. The van der Waals surface area contributed by atoms with Crippen molar-refractivity contribution in [3.63, 3.8) is 0 Å². The third-order valence-corrected chi connectivity index (χ3v) is 6.07. The summed E-state index contributed by atoms with van der Waals surface area (Å²) in [6, 6.07) is 0. The number of rotatable bonds is 4. The summed E-state index contributed by atoms with van der Waals surface area (Å²) in [5.41, 5.74) is 5.20. The van der Waals surface area contributed by atoms with Gasteiger partial charge in [0.1, 0.15) is 5.82 Å². The van der Waals surface area contributed by atoms with Crippen molar-refractivity contribution < 1.29 is 13.2 Å². The zero-order valence-electron chi connectivity index (χ0n) is 10.7. The predicted octanol–water partition coefficient (Wildman–Crippen LogP) is -0.317. The lowest BCUT2D eigenvalue weighted by Crippen LogP contribution is -2.23. The van der Waals surface area contributed by atoms with Gasteiger partial charge in [-0.3, -0.25) is 4.79 Å². The third-order valence-electron chi connectivity index (χ3n) is 3.15. The van der Waals surface area contributed by atoms with E-state index in [1.54, 1.807) is 18.5 Å². The zero-order valence-corrected chi connectivity index (χ0v) is 12.4. The second-order valence-corrected chi connectivity index (χ2v) is 8.20. The normalized spacial score (nSPS) is 23.4. The summed E-state index contributed by atoms with van der Waals surface area (Å²) in [7, 11) is -1.18. The van der Waals surface area contributed by atoms with Gasteiger partial charge in [0.25, 0.3) is 0 Å². The minimum atomic E-state index is -2.95. The van der Waals surface area contributed by atoms with E-state index in [-0.39, 0.29) is 17.4 Å². The molecule has 1 aromatic heterocycles. The molecule has 9 heteroatoms. The summed E-state index contributed by atoms with van der Waals surface area (Å²) >= 11 is 1.22. The van der Waals surface area contributed by atoms with Crippen molar-refractivity contribution in [3.05, 3.63) is 5.82 Å². The molecule has 0 saturated carbocycles. The third kappa shape index (κ3) is 3.08. The van der Waals surface area contributed by atoms with Gasteiger partial charge in [0.2, 0.25) is 5.91 Å². The van der Waals surface area contributed by atoms with Crippen LogP contribution in [-0.2, 0) is 21.7 Å². The molecular formula is C10H16N4O3S2. The van der Waals surface area contributed by atoms with Crippen molar-refractivity contribution in [1.29, 1.82) is 0 Å². The molecular weight excluding hydrogens is 288 g/mol. The molecule has 2 rings (SSSR count). The van der Waals surface area contributed by atoms with Crippen LogP contribution in [0.25, 0.3) is 0 Å². The summed E-state index contributed by atoms with van der Waals surface area (Å²) in [6.07, 6.45) is 0.574. The Bertz CT molecular complexity index is 596. The number of amides is 1. The van der Waals surface area contributed by atoms with Crippen LogP contribution in [0.5, 0.6) is 0 Å². The van der Waals surface area contributed by atoms with Crippen LogP contribution in [0.4, 0.5) is 0 Å². The van der Waals surface area contributed by atoms with Gasteiger partial charge in [0, 0.05) is 13.0 Å². The number of sulfone groups is 1. The first kappa shape index (κ1) is 14.3. The number of nitrogens with zero attached hydrogens (tertiary/aromatic N) is 3. The van der Waals surface area contributed by atoms with Gasteiger partial charge in [-0.25, -0.2) is 8.42 Å². The first-order valence-corrected chi connectivity index (χ1v) is 8.56. The lowest BCUT2D eigenvalue weighted by Gasteiger charge is -2.09. The maximum atomic E-state index is 11.5. The number of aromatic nitrogens is 3. The van der Waals surface area contributed by atoms with Crippen LogP contribution in [0.1, 0.15) is 25.1 Å². The molecule has 0 unspecified atom stereocenters. The quantitative estimate of drug-likeness (QED) is 0.764. The number of hydrogen-bond donors (Lipinski definition) is 1. The Balaban J connectivity index is 2.17. The Labute approximate surface area is 115 Å². The van der Waals surface area contributed by atoms with Gasteiger partial charge in [0.05, 0.1) is 16.8 Å². The van der Waals surface area contributed by atoms with E-state index in [1.807, 2.05) is 0 Å². The number of hydrogen-bond acceptors (Lipinski definition) is 6. The summed E-state index contributed by atoms with van der Waals surface area (Å²) in [5.74, 6) is 0.443. The molecule has 7 nitrogen and oxygen atoms in total. The monoisotopic (exact) mass is 304 g/mol. The fourth-order valence-corrected chi connectivity index (χ4v) is 4.51. The summed E-state index contributed by atoms with van der Waals surface area (Å²) < 4.78 is 24.7. The summed E-state index contributed by atoms with van der Waals surface area (Å²) in [5, 5.41) is 8.23. The van der Waals surface area contributed by atoms with Crippen LogP contribution >= 0.6 is 11.8 Å². The van der Waals surface area contributed by atoms with Crippen LogP contribution in [0.2, 0.25) is 0 Å². The summed E-state index contributed by atoms with van der Waals surface area (Å²) in [4.78, 5) is 11.0. The van der Waals surface area contributed by atoms with Crippen molar-refractivity contribution >= 4 is 27.5 Å². The Morgan fingerprint density at radius 3 is 2.74 bits per heavy atom. The Hall–Kier alpha value is -1.09. The number of nitrogens with two attached hydrogens (primary N) is 1. The van der Waals surface area contributed by atoms with E-state index in [0.717, 1.165) is 0 Å². The van der Waals surface area contributed by atoms with Crippen molar-refractivity contribution in [3.8, 4) is 0 Å². The van der Waals surface area contributed by atoms with E-state index in [9.17, 15) is 13.2 Å². The molecule has 0 bridgehead atoms. The molecule has 1 amide bonds. The Morgan fingerprint density at radius 2 is 2.21 bits per heavy atom. The highest BCUT2D eigenvalue weighted by Gasteiger charge is 2.32. The minimum absolute atomic E-state index is 0.110. The molecule has 2 N–H and O–H groups in total. The highest BCUT2D eigenvalue weighted by atomic mass is 32.2. The molecule has 1 aliphatic heterocycles. The molecule has 1 saturated heterocycles. The van der Waals surface area contributed by atoms with Gasteiger partial charge in [-0.2, -0.15) is 0 Å². The molecule has 0 aromatic carbocycles. The van der Waals surface area contributed by atoms with Crippen molar-refractivity contribution in [2.75, 3.05) is 11.5 Å². The van der Waals surface area contributed by atoms with Crippen LogP contribution in [0.3, 0.4) is 0 Å². The van der Waals surface area contributed by atoms with Crippen LogP contribution in [0.15, 0.2) is 5.16 Å². The highest BCUT2D eigenvalue weighted by Crippen LogP contribution is 2.30. The van der Waals surface area contributed by atoms with Crippen molar-refractivity contribution in [1.82, 2.24) is 14.8 Å². The molecule has 2 atom stereocenters. The van der Waals surface area contributed by atoms with Gasteiger partial charge < -0.3 is 10.3 Å². The first-order valence-electron chi connectivity index (χ1n) is 5.86. The average Bonchev–Trinajstić information content (AvgIpc) is 2.83. The van der Waals surface area contributed by atoms with Crippen LogP contribution < -0.4 is 5.73 Å². The van der Waals surface area contributed by atoms with E-state index < -0.39 is 21.0 Å². The lowest BCUT2D eigenvalue weighted by molar-refractivity contribution is -0.117. The van der Waals surface area contributed by atoms with Gasteiger partial charge in [-0.15, -0.1) is 10.2 Å².